The quantitative estimate of drug-likeness (QED) is 0.506. The Kier molecular flexibility index (Phi) is 7.95. The number of hydrogen-bond acceptors (Lipinski definition) is 6. The molecule has 0 saturated heterocycles. The Balaban J connectivity index is 1.85. The van der Waals surface area contributed by atoms with E-state index in [1.165, 1.54) is 0 Å². The zero-order chi connectivity index (χ0) is 20.4. The molecule has 2 N–H and O–H groups in total. The van der Waals surface area contributed by atoms with Crippen molar-refractivity contribution in [3.63, 3.8) is 0 Å². The molecule has 0 aliphatic carbocycles. The summed E-state index contributed by atoms with van der Waals surface area (Å²) in [7, 11) is 3.11. The summed E-state index contributed by atoms with van der Waals surface area (Å²) in [5.41, 5.74) is 0.663. The predicted molar refractivity (Wildman–Crippen MR) is 104 cm³/mol. The number of rotatable bonds is 9. The van der Waals surface area contributed by atoms with Crippen molar-refractivity contribution in [1.82, 2.24) is 5.32 Å². The Labute approximate surface area is 163 Å². The van der Waals surface area contributed by atoms with E-state index < -0.39 is 12.0 Å². The molecule has 2 aromatic rings. The van der Waals surface area contributed by atoms with Crippen LogP contribution in [0.3, 0.4) is 0 Å². The molecule has 0 heterocycles. The minimum atomic E-state index is -0.492. The highest BCUT2D eigenvalue weighted by molar-refractivity contribution is 6.00. The third-order valence-electron chi connectivity index (χ3n) is 3.65. The van der Waals surface area contributed by atoms with Crippen molar-refractivity contribution in [1.29, 1.82) is 0 Å². The molecule has 0 fully saturated rings. The normalized spacial score (nSPS) is 9.96. The van der Waals surface area contributed by atoms with Crippen molar-refractivity contribution in [2.24, 2.45) is 0 Å². The predicted octanol–water partition coefficient (Wildman–Crippen LogP) is 3.08. The minimum absolute atomic E-state index is 0.239. The second-order valence-electron chi connectivity index (χ2n) is 5.54. The standard InChI is InChI=1S/C20H24N2O6/c1-4-27-19(23)17-7-5-6-8-18(17)22-20(24)21-9-10-28-16-12-14(25-2)11-15(13-16)26-3/h5-8,11-13H,4,9-10H2,1-3H3,(H2,21,22,24). The van der Waals surface area contributed by atoms with E-state index in [1.807, 2.05) is 0 Å². The van der Waals surface area contributed by atoms with Crippen molar-refractivity contribution in [3.8, 4) is 17.2 Å². The van der Waals surface area contributed by atoms with Crippen LogP contribution in [0, 0.1) is 0 Å². The fraction of sp³-hybridized carbons (Fsp3) is 0.300. The van der Waals surface area contributed by atoms with Gasteiger partial charge in [-0.25, -0.2) is 9.59 Å². The van der Waals surface area contributed by atoms with Gasteiger partial charge in [0, 0.05) is 18.2 Å². The molecule has 0 atom stereocenters. The fourth-order valence-corrected chi connectivity index (χ4v) is 2.34. The first-order valence-electron chi connectivity index (χ1n) is 8.74. The summed E-state index contributed by atoms with van der Waals surface area (Å²) < 4.78 is 21.0. The molecule has 0 aromatic heterocycles. The van der Waals surface area contributed by atoms with Gasteiger partial charge in [-0.15, -0.1) is 0 Å². The maximum atomic E-state index is 12.1. The third kappa shape index (κ3) is 6.08. The number of carbonyl (C=O) groups is 2. The average Bonchev–Trinajstić information content (AvgIpc) is 2.71. The lowest BCUT2D eigenvalue weighted by atomic mass is 10.2. The highest BCUT2D eigenvalue weighted by atomic mass is 16.5. The van der Waals surface area contributed by atoms with Crippen LogP contribution in [0.2, 0.25) is 0 Å². The lowest BCUT2D eigenvalue weighted by Crippen LogP contribution is -2.32. The second-order valence-corrected chi connectivity index (χ2v) is 5.54. The van der Waals surface area contributed by atoms with E-state index in [9.17, 15) is 9.59 Å². The van der Waals surface area contributed by atoms with Crippen LogP contribution in [-0.4, -0.2) is 46.0 Å². The van der Waals surface area contributed by atoms with E-state index in [0.29, 0.717) is 28.5 Å². The van der Waals surface area contributed by atoms with Gasteiger partial charge < -0.3 is 29.6 Å². The van der Waals surface area contributed by atoms with Gasteiger partial charge in [-0.1, -0.05) is 12.1 Å². The second kappa shape index (κ2) is 10.7. The van der Waals surface area contributed by atoms with Gasteiger partial charge in [0.15, 0.2) is 0 Å². The number of methoxy groups -OCH3 is 2. The summed E-state index contributed by atoms with van der Waals surface area (Å²) in [5.74, 6) is 1.28. The summed E-state index contributed by atoms with van der Waals surface area (Å²) >= 11 is 0. The van der Waals surface area contributed by atoms with Gasteiger partial charge in [-0.3, -0.25) is 0 Å². The Bertz CT molecular complexity index is 787. The molecule has 8 nitrogen and oxygen atoms in total. The molecule has 0 aliphatic heterocycles. The molecule has 150 valence electrons. The van der Waals surface area contributed by atoms with Crippen molar-refractivity contribution in [3.05, 3.63) is 48.0 Å². The molecule has 0 unspecified atom stereocenters. The molecule has 0 aliphatic rings. The summed E-state index contributed by atoms with van der Waals surface area (Å²) in [6, 6.07) is 11.4. The zero-order valence-corrected chi connectivity index (χ0v) is 16.1. The number of anilines is 1. The van der Waals surface area contributed by atoms with E-state index >= 15 is 0 Å². The van der Waals surface area contributed by atoms with Crippen LogP contribution in [0.5, 0.6) is 17.2 Å². The van der Waals surface area contributed by atoms with Gasteiger partial charge in [-0.05, 0) is 19.1 Å². The molecule has 0 saturated carbocycles. The summed E-state index contributed by atoms with van der Waals surface area (Å²) in [5, 5.41) is 5.31. The van der Waals surface area contributed by atoms with Crippen molar-refractivity contribution in [2.75, 3.05) is 39.3 Å². The number of urea groups is 1. The third-order valence-corrected chi connectivity index (χ3v) is 3.65. The van der Waals surface area contributed by atoms with E-state index in [1.54, 1.807) is 63.6 Å². The first kappa shape index (κ1) is 20.9. The molecule has 0 bridgehead atoms. The maximum Gasteiger partial charge on any atom is 0.340 e. The molecular weight excluding hydrogens is 364 g/mol. The van der Waals surface area contributed by atoms with E-state index in [-0.39, 0.29) is 19.8 Å². The van der Waals surface area contributed by atoms with Crippen molar-refractivity contribution in [2.45, 2.75) is 6.92 Å². The number of nitrogens with one attached hydrogen (secondary N) is 2. The number of para-hydroxylation sites is 1. The first-order chi connectivity index (χ1) is 13.6. The number of esters is 1. The van der Waals surface area contributed by atoms with Crippen LogP contribution in [-0.2, 0) is 4.74 Å². The summed E-state index contributed by atoms with van der Waals surface area (Å²) in [6.07, 6.45) is 0. The SMILES string of the molecule is CCOC(=O)c1ccccc1NC(=O)NCCOc1cc(OC)cc(OC)c1. The van der Waals surface area contributed by atoms with Gasteiger partial charge in [0.2, 0.25) is 0 Å². The Morgan fingerprint density at radius 3 is 2.25 bits per heavy atom. The highest BCUT2D eigenvalue weighted by Gasteiger charge is 2.13. The minimum Gasteiger partial charge on any atom is -0.496 e. The number of benzene rings is 2. The molecule has 2 amide bonds. The van der Waals surface area contributed by atoms with Gasteiger partial charge in [-0.2, -0.15) is 0 Å². The van der Waals surface area contributed by atoms with Crippen molar-refractivity contribution >= 4 is 17.7 Å². The topological polar surface area (TPSA) is 95.1 Å². The van der Waals surface area contributed by atoms with Crippen LogP contribution in [0.1, 0.15) is 17.3 Å². The number of ether oxygens (including phenoxy) is 4. The lowest BCUT2D eigenvalue weighted by molar-refractivity contribution is 0.0527. The summed E-state index contributed by atoms with van der Waals surface area (Å²) in [4.78, 5) is 24.0. The van der Waals surface area contributed by atoms with Gasteiger partial charge in [0.05, 0.1) is 38.6 Å². The van der Waals surface area contributed by atoms with Crippen LogP contribution in [0.25, 0.3) is 0 Å². The molecule has 2 aromatic carbocycles. The lowest BCUT2D eigenvalue weighted by Gasteiger charge is -2.12. The van der Waals surface area contributed by atoms with E-state index in [2.05, 4.69) is 10.6 Å². The molecule has 2 rings (SSSR count). The van der Waals surface area contributed by atoms with Crippen LogP contribution >= 0.6 is 0 Å². The molecular formula is C20H24N2O6. The first-order valence-corrected chi connectivity index (χ1v) is 8.74. The van der Waals surface area contributed by atoms with Crippen LogP contribution in [0.4, 0.5) is 10.5 Å². The van der Waals surface area contributed by atoms with Gasteiger partial charge >= 0.3 is 12.0 Å². The van der Waals surface area contributed by atoms with Crippen LogP contribution < -0.4 is 24.8 Å². The van der Waals surface area contributed by atoms with Gasteiger partial charge in [0.1, 0.15) is 23.9 Å². The Morgan fingerprint density at radius 2 is 1.61 bits per heavy atom. The molecule has 0 radical (unpaired) electrons. The molecule has 8 heteroatoms. The average molecular weight is 388 g/mol. The Morgan fingerprint density at radius 1 is 0.964 bits per heavy atom. The van der Waals surface area contributed by atoms with Crippen molar-refractivity contribution < 1.29 is 28.5 Å². The maximum absolute atomic E-state index is 12.1. The molecule has 28 heavy (non-hydrogen) atoms. The van der Waals surface area contributed by atoms with Crippen LogP contribution in [0.15, 0.2) is 42.5 Å². The monoisotopic (exact) mass is 388 g/mol. The van der Waals surface area contributed by atoms with E-state index in [0.717, 1.165) is 0 Å². The fourth-order valence-electron chi connectivity index (χ4n) is 2.34. The Hall–Kier alpha value is -3.42. The zero-order valence-electron chi connectivity index (χ0n) is 16.1. The number of hydrogen-bond donors (Lipinski definition) is 2. The van der Waals surface area contributed by atoms with Gasteiger partial charge in [0.25, 0.3) is 0 Å². The summed E-state index contributed by atoms with van der Waals surface area (Å²) in [6.45, 7) is 2.47. The number of carbonyl (C=O) groups excluding carboxylic acids is 2. The highest BCUT2D eigenvalue weighted by Crippen LogP contribution is 2.27. The number of amides is 2. The largest absolute Gasteiger partial charge is 0.496 e. The smallest absolute Gasteiger partial charge is 0.340 e. The molecule has 0 spiro atoms. The van der Waals surface area contributed by atoms with E-state index in [4.69, 9.17) is 18.9 Å².